The molecule has 0 saturated carbocycles. The van der Waals surface area contributed by atoms with Gasteiger partial charge in [0.15, 0.2) is 0 Å². The summed E-state index contributed by atoms with van der Waals surface area (Å²) in [6.45, 7) is 0.625. The van der Waals surface area contributed by atoms with Crippen molar-refractivity contribution in [2.45, 2.75) is 25.0 Å². The van der Waals surface area contributed by atoms with Crippen LogP contribution < -0.4 is 10.1 Å². The predicted octanol–water partition coefficient (Wildman–Crippen LogP) is 1.71. The Morgan fingerprint density at radius 1 is 1.35 bits per heavy atom. The van der Waals surface area contributed by atoms with E-state index in [1.165, 1.54) is 0 Å². The van der Waals surface area contributed by atoms with Crippen molar-refractivity contribution in [1.82, 2.24) is 4.90 Å². The Hall–Kier alpha value is -1.73. The zero-order valence-corrected chi connectivity index (χ0v) is 13.8. The Morgan fingerprint density at radius 3 is 2.78 bits per heavy atom. The van der Waals surface area contributed by atoms with Gasteiger partial charge in [0.25, 0.3) is 5.91 Å². The van der Waals surface area contributed by atoms with Crippen LogP contribution in [0.5, 0.6) is 5.75 Å². The summed E-state index contributed by atoms with van der Waals surface area (Å²) >= 11 is 1.59. The fraction of sp³-hybridized carbons (Fsp3) is 0.500. The quantitative estimate of drug-likeness (QED) is 0.907. The zero-order valence-electron chi connectivity index (χ0n) is 13.0. The second-order valence-electron chi connectivity index (χ2n) is 5.54. The number of nitrogens with one attached hydrogen (secondary N) is 1. The van der Waals surface area contributed by atoms with E-state index >= 15 is 0 Å². The number of hydrogen-bond donors (Lipinski definition) is 1. The van der Waals surface area contributed by atoms with Gasteiger partial charge >= 0.3 is 0 Å². The van der Waals surface area contributed by atoms with Gasteiger partial charge in [-0.1, -0.05) is 0 Å². The van der Waals surface area contributed by atoms with Gasteiger partial charge in [0.2, 0.25) is 5.91 Å². The van der Waals surface area contributed by atoms with E-state index in [2.05, 4.69) is 5.32 Å². The van der Waals surface area contributed by atoms with E-state index in [4.69, 9.17) is 9.47 Å². The molecule has 7 heteroatoms. The molecule has 2 aliphatic rings. The predicted molar refractivity (Wildman–Crippen MR) is 88.6 cm³/mol. The summed E-state index contributed by atoms with van der Waals surface area (Å²) in [7, 11) is 1.60. The number of nitrogens with zero attached hydrogens (tertiary/aromatic N) is 1. The average Bonchev–Trinajstić information content (AvgIpc) is 3.26. The van der Waals surface area contributed by atoms with Crippen molar-refractivity contribution >= 4 is 29.3 Å². The van der Waals surface area contributed by atoms with Crippen LogP contribution in [0.4, 0.5) is 5.69 Å². The van der Waals surface area contributed by atoms with Crippen LogP contribution in [-0.4, -0.2) is 54.2 Å². The summed E-state index contributed by atoms with van der Waals surface area (Å²) in [5, 5.41) is 2.87. The highest BCUT2D eigenvalue weighted by molar-refractivity contribution is 7.99. The minimum absolute atomic E-state index is 0.0672. The largest absolute Gasteiger partial charge is 0.497 e. The van der Waals surface area contributed by atoms with Gasteiger partial charge in [0, 0.05) is 18.0 Å². The van der Waals surface area contributed by atoms with Gasteiger partial charge in [-0.25, -0.2) is 0 Å². The molecule has 124 valence electrons. The summed E-state index contributed by atoms with van der Waals surface area (Å²) in [5.74, 6) is 1.66. The Morgan fingerprint density at radius 2 is 2.13 bits per heavy atom. The molecule has 1 N–H and O–H groups in total. The molecule has 1 aromatic rings. The third-order valence-corrected chi connectivity index (χ3v) is 5.04. The van der Waals surface area contributed by atoms with Crippen LogP contribution in [0.3, 0.4) is 0 Å². The third-order valence-electron chi connectivity index (χ3n) is 4.03. The first-order valence-corrected chi connectivity index (χ1v) is 8.79. The van der Waals surface area contributed by atoms with Gasteiger partial charge < -0.3 is 19.7 Å². The Labute approximate surface area is 139 Å². The van der Waals surface area contributed by atoms with Crippen LogP contribution in [0.25, 0.3) is 0 Å². The molecule has 2 amide bonds. The first-order chi connectivity index (χ1) is 11.2. The molecule has 0 radical (unpaired) electrons. The second-order valence-corrected chi connectivity index (χ2v) is 6.54. The molecule has 0 aliphatic carbocycles. The summed E-state index contributed by atoms with van der Waals surface area (Å²) in [4.78, 5) is 26.6. The molecule has 23 heavy (non-hydrogen) atoms. The SMILES string of the molecule is COc1ccc(NC(=O)C2CSCN2C(=O)C2CCCO2)cc1. The highest BCUT2D eigenvalue weighted by Crippen LogP contribution is 2.26. The highest BCUT2D eigenvalue weighted by Gasteiger charge is 2.38. The second kappa shape index (κ2) is 7.23. The lowest BCUT2D eigenvalue weighted by Gasteiger charge is -2.25. The standard InChI is InChI=1S/C16H20N2O4S/c1-21-12-6-4-11(5-7-12)17-15(19)13-9-23-10-18(13)16(20)14-3-2-8-22-14/h4-7,13-14H,2-3,8-10H2,1H3,(H,17,19). The van der Waals surface area contributed by atoms with E-state index < -0.39 is 6.04 Å². The lowest BCUT2D eigenvalue weighted by molar-refractivity contribution is -0.144. The molecule has 2 atom stereocenters. The number of carbonyl (C=O) groups excluding carboxylic acids is 2. The van der Waals surface area contributed by atoms with Crippen LogP contribution >= 0.6 is 11.8 Å². The molecule has 3 rings (SSSR count). The van der Waals surface area contributed by atoms with Gasteiger partial charge in [-0.3, -0.25) is 9.59 Å². The van der Waals surface area contributed by atoms with E-state index in [0.717, 1.165) is 18.6 Å². The fourth-order valence-corrected chi connectivity index (χ4v) is 3.90. The summed E-state index contributed by atoms with van der Waals surface area (Å²) in [6.07, 6.45) is 1.26. The molecule has 0 bridgehead atoms. The smallest absolute Gasteiger partial charge is 0.253 e. The summed E-state index contributed by atoms with van der Waals surface area (Å²) in [5.41, 5.74) is 0.692. The molecule has 2 unspecified atom stereocenters. The number of benzene rings is 1. The van der Waals surface area contributed by atoms with Gasteiger partial charge in [-0.2, -0.15) is 0 Å². The molecule has 0 spiro atoms. The number of amides is 2. The van der Waals surface area contributed by atoms with E-state index in [1.54, 1.807) is 48.0 Å². The topological polar surface area (TPSA) is 67.9 Å². The molecule has 2 fully saturated rings. The van der Waals surface area contributed by atoms with Gasteiger partial charge in [0.1, 0.15) is 17.9 Å². The van der Waals surface area contributed by atoms with Crippen molar-refractivity contribution in [2.24, 2.45) is 0 Å². The minimum Gasteiger partial charge on any atom is -0.497 e. The van der Waals surface area contributed by atoms with Crippen LogP contribution in [0.15, 0.2) is 24.3 Å². The van der Waals surface area contributed by atoms with E-state index in [1.807, 2.05) is 0 Å². The number of thioether (sulfide) groups is 1. The van der Waals surface area contributed by atoms with Gasteiger partial charge in [-0.15, -0.1) is 11.8 Å². The number of carbonyl (C=O) groups is 2. The van der Waals surface area contributed by atoms with E-state index in [0.29, 0.717) is 23.9 Å². The van der Waals surface area contributed by atoms with Crippen LogP contribution in [0.1, 0.15) is 12.8 Å². The first-order valence-electron chi connectivity index (χ1n) is 7.64. The number of ether oxygens (including phenoxy) is 2. The first kappa shape index (κ1) is 16.1. The highest BCUT2D eigenvalue weighted by atomic mass is 32.2. The molecular formula is C16H20N2O4S. The van der Waals surface area contributed by atoms with E-state index in [-0.39, 0.29) is 17.9 Å². The normalized spacial score (nSPS) is 23.8. The molecule has 2 saturated heterocycles. The van der Waals surface area contributed by atoms with Crippen LogP contribution in [0.2, 0.25) is 0 Å². The van der Waals surface area contributed by atoms with Crippen molar-refractivity contribution in [3.05, 3.63) is 24.3 Å². The lowest BCUT2D eigenvalue weighted by atomic mass is 10.2. The lowest BCUT2D eigenvalue weighted by Crippen LogP contribution is -2.48. The maximum Gasteiger partial charge on any atom is 0.253 e. The van der Waals surface area contributed by atoms with Crippen molar-refractivity contribution < 1.29 is 19.1 Å². The van der Waals surface area contributed by atoms with Crippen molar-refractivity contribution in [1.29, 1.82) is 0 Å². The van der Waals surface area contributed by atoms with Crippen molar-refractivity contribution in [3.8, 4) is 5.75 Å². The molecule has 0 aromatic heterocycles. The van der Waals surface area contributed by atoms with Gasteiger partial charge in [-0.05, 0) is 37.1 Å². The third kappa shape index (κ3) is 3.61. The minimum atomic E-state index is -0.446. The Balaban J connectivity index is 1.64. The summed E-state index contributed by atoms with van der Waals surface area (Å²) in [6, 6.07) is 6.69. The molecule has 2 aliphatic heterocycles. The summed E-state index contributed by atoms with van der Waals surface area (Å²) < 4.78 is 10.5. The number of methoxy groups -OCH3 is 1. The van der Waals surface area contributed by atoms with Gasteiger partial charge in [0.05, 0.1) is 13.0 Å². The van der Waals surface area contributed by atoms with Crippen molar-refractivity contribution in [2.75, 3.05) is 30.7 Å². The van der Waals surface area contributed by atoms with Crippen LogP contribution in [-0.2, 0) is 14.3 Å². The van der Waals surface area contributed by atoms with Crippen molar-refractivity contribution in [3.63, 3.8) is 0 Å². The maximum atomic E-state index is 12.5. The zero-order chi connectivity index (χ0) is 16.2. The monoisotopic (exact) mass is 336 g/mol. The number of hydrogen-bond acceptors (Lipinski definition) is 5. The molecular weight excluding hydrogens is 316 g/mol. The maximum absolute atomic E-state index is 12.5. The van der Waals surface area contributed by atoms with Crippen LogP contribution in [0, 0.1) is 0 Å². The molecule has 6 nitrogen and oxygen atoms in total. The Bertz CT molecular complexity index is 572. The number of rotatable bonds is 4. The number of anilines is 1. The fourth-order valence-electron chi connectivity index (χ4n) is 2.73. The molecule has 2 heterocycles. The molecule has 1 aromatic carbocycles. The van der Waals surface area contributed by atoms with E-state index in [9.17, 15) is 9.59 Å². The Kier molecular flexibility index (Phi) is 5.07. The average molecular weight is 336 g/mol.